The zero-order chi connectivity index (χ0) is 18.2. The fourth-order valence-corrected chi connectivity index (χ4v) is 3.43. The molecule has 0 amide bonds. The smallest absolute Gasteiger partial charge is 0.309 e. The third-order valence-corrected chi connectivity index (χ3v) is 5.13. The molecule has 0 radical (unpaired) electrons. The number of rotatable bonds is 7. The van der Waals surface area contributed by atoms with Crippen LogP contribution in [0.2, 0.25) is 0 Å². The molecule has 26 heavy (non-hydrogen) atoms. The van der Waals surface area contributed by atoms with Gasteiger partial charge in [-0.2, -0.15) is 0 Å². The average molecular weight is 352 g/mol. The molecule has 2 N–H and O–H groups in total. The molecule has 1 aliphatic rings. The lowest BCUT2D eigenvalue weighted by Gasteiger charge is -2.31. The van der Waals surface area contributed by atoms with Gasteiger partial charge in [-0.1, -0.05) is 60.7 Å². The fourth-order valence-electron chi connectivity index (χ4n) is 3.43. The van der Waals surface area contributed by atoms with Gasteiger partial charge in [-0.15, -0.1) is 0 Å². The van der Waals surface area contributed by atoms with Gasteiger partial charge in [0.25, 0.3) is 0 Å². The number of benzene rings is 2. The minimum absolute atomic E-state index is 0.0257. The summed E-state index contributed by atoms with van der Waals surface area (Å²) in [5.74, 6) is -0.0350. The van der Waals surface area contributed by atoms with Crippen LogP contribution in [0.5, 0.6) is 0 Å². The van der Waals surface area contributed by atoms with E-state index in [2.05, 4.69) is 17.0 Å². The molecule has 138 valence electrons. The predicted octanol–water partition coefficient (Wildman–Crippen LogP) is 3.53. The van der Waals surface area contributed by atoms with Crippen molar-refractivity contribution in [3.63, 3.8) is 0 Å². The molecule has 0 spiro atoms. The SMILES string of the molecule is NC(CCN1CCC(C(=O)OCc2ccccc2)CC1)c1ccccc1. The highest BCUT2D eigenvalue weighted by atomic mass is 16.5. The van der Waals surface area contributed by atoms with E-state index < -0.39 is 0 Å². The van der Waals surface area contributed by atoms with Crippen molar-refractivity contribution >= 4 is 5.97 Å². The van der Waals surface area contributed by atoms with Crippen LogP contribution in [-0.2, 0) is 16.1 Å². The van der Waals surface area contributed by atoms with Gasteiger partial charge >= 0.3 is 5.97 Å². The summed E-state index contributed by atoms with van der Waals surface area (Å²) in [5, 5.41) is 0. The Labute approximate surface area is 156 Å². The molecular weight excluding hydrogens is 324 g/mol. The van der Waals surface area contributed by atoms with E-state index in [0.29, 0.717) is 6.61 Å². The number of hydrogen-bond acceptors (Lipinski definition) is 4. The Morgan fingerprint density at radius 1 is 1.04 bits per heavy atom. The summed E-state index contributed by atoms with van der Waals surface area (Å²) in [6.07, 6.45) is 2.68. The van der Waals surface area contributed by atoms with Crippen molar-refractivity contribution in [2.45, 2.75) is 31.9 Å². The third-order valence-electron chi connectivity index (χ3n) is 5.13. The highest BCUT2D eigenvalue weighted by molar-refractivity contribution is 5.72. The quantitative estimate of drug-likeness (QED) is 0.775. The van der Waals surface area contributed by atoms with Crippen LogP contribution in [0.1, 0.15) is 36.4 Å². The van der Waals surface area contributed by atoms with Crippen molar-refractivity contribution in [3.8, 4) is 0 Å². The maximum absolute atomic E-state index is 12.3. The van der Waals surface area contributed by atoms with E-state index in [9.17, 15) is 4.79 Å². The third kappa shape index (κ3) is 5.41. The summed E-state index contributed by atoms with van der Waals surface area (Å²) in [6, 6.07) is 20.1. The standard InChI is InChI=1S/C22H28N2O2/c23-21(19-9-5-2-6-10-19)13-16-24-14-11-20(12-15-24)22(25)26-17-18-7-3-1-4-8-18/h1-10,20-21H,11-17,23H2. The number of piperidine rings is 1. The number of carbonyl (C=O) groups is 1. The Bertz CT molecular complexity index is 667. The minimum atomic E-state index is -0.0607. The van der Waals surface area contributed by atoms with E-state index in [1.54, 1.807) is 0 Å². The average Bonchev–Trinajstić information content (AvgIpc) is 2.72. The Hall–Kier alpha value is -2.17. The van der Waals surface area contributed by atoms with Gasteiger partial charge in [-0.05, 0) is 50.0 Å². The maximum Gasteiger partial charge on any atom is 0.309 e. The fraction of sp³-hybridized carbons (Fsp3) is 0.409. The van der Waals surface area contributed by atoms with Crippen LogP contribution >= 0.6 is 0 Å². The molecule has 3 rings (SSSR count). The first-order valence-electron chi connectivity index (χ1n) is 9.46. The molecule has 0 aromatic heterocycles. The number of likely N-dealkylation sites (tertiary alicyclic amines) is 1. The molecule has 2 aromatic rings. The Kier molecular flexibility index (Phi) is 6.81. The van der Waals surface area contributed by atoms with Gasteiger partial charge in [0.2, 0.25) is 0 Å². The summed E-state index contributed by atoms with van der Waals surface area (Å²) in [4.78, 5) is 14.7. The number of hydrogen-bond donors (Lipinski definition) is 1. The van der Waals surface area contributed by atoms with Crippen molar-refractivity contribution in [1.29, 1.82) is 0 Å². The number of carbonyl (C=O) groups excluding carboxylic acids is 1. The van der Waals surface area contributed by atoms with E-state index in [1.807, 2.05) is 48.5 Å². The summed E-state index contributed by atoms with van der Waals surface area (Å²) < 4.78 is 5.48. The number of esters is 1. The molecule has 2 aromatic carbocycles. The zero-order valence-corrected chi connectivity index (χ0v) is 15.2. The Morgan fingerprint density at radius 2 is 1.65 bits per heavy atom. The van der Waals surface area contributed by atoms with Gasteiger partial charge in [0.15, 0.2) is 0 Å². The molecule has 1 atom stereocenters. The first kappa shape index (κ1) is 18.6. The maximum atomic E-state index is 12.3. The Balaban J connectivity index is 1.36. The van der Waals surface area contributed by atoms with Crippen molar-refractivity contribution < 1.29 is 9.53 Å². The molecule has 0 bridgehead atoms. The number of nitrogens with zero attached hydrogens (tertiary/aromatic N) is 1. The molecule has 1 unspecified atom stereocenters. The van der Waals surface area contributed by atoms with E-state index >= 15 is 0 Å². The topological polar surface area (TPSA) is 55.6 Å². The summed E-state index contributed by atoms with van der Waals surface area (Å²) in [5.41, 5.74) is 8.50. The predicted molar refractivity (Wildman–Crippen MR) is 103 cm³/mol. The largest absolute Gasteiger partial charge is 0.461 e. The second kappa shape index (κ2) is 9.51. The van der Waals surface area contributed by atoms with E-state index in [4.69, 9.17) is 10.5 Å². The highest BCUT2D eigenvalue weighted by Crippen LogP contribution is 2.21. The molecule has 1 saturated heterocycles. The van der Waals surface area contributed by atoms with Crippen LogP contribution in [0.4, 0.5) is 0 Å². The molecule has 4 nitrogen and oxygen atoms in total. The molecule has 1 aliphatic heterocycles. The molecule has 0 saturated carbocycles. The van der Waals surface area contributed by atoms with Gasteiger partial charge in [0, 0.05) is 6.04 Å². The lowest BCUT2D eigenvalue weighted by molar-refractivity contribution is -0.151. The van der Waals surface area contributed by atoms with Crippen molar-refractivity contribution in [2.24, 2.45) is 11.7 Å². The van der Waals surface area contributed by atoms with Gasteiger partial charge < -0.3 is 15.4 Å². The normalized spacial score (nSPS) is 17.0. The first-order chi connectivity index (χ1) is 12.7. The van der Waals surface area contributed by atoms with Gasteiger partial charge in [0.05, 0.1) is 5.92 Å². The minimum Gasteiger partial charge on any atom is -0.461 e. The lowest BCUT2D eigenvalue weighted by atomic mass is 9.96. The number of ether oxygens (including phenoxy) is 1. The van der Waals surface area contributed by atoms with Crippen LogP contribution in [0.15, 0.2) is 60.7 Å². The van der Waals surface area contributed by atoms with E-state index in [0.717, 1.165) is 44.5 Å². The monoisotopic (exact) mass is 352 g/mol. The van der Waals surface area contributed by atoms with E-state index in [-0.39, 0.29) is 17.9 Å². The van der Waals surface area contributed by atoms with Crippen LogP contribution < -0.4 is 5.73 Å². The van der Waals surface area contributed by atoms with Crippen molar-refractivity contribution in [3.05, 3.63) is 71.8 Å². The lowest BCUT2D eigenvalue weighted by Crippen LogP contribution is -2.38. The number of nitrogens with two attached hydrogens (primary N) is 1. The van der Waals surface area contributed by atoms with Crippen LogP contribution in [0.25, 0.3) is 0 Å². The van der Waals surface area contributed by atoms with E-state index in [1.165, 1.54) is 5.56 Å². The van der Waals surface area contributed by atoms with Crippen LogP contribution in [-0.4, -0.2) is 30.5 Å². The van der Waals surface area contributed by atoms with Crippen LogP contribution in [0, 0.1) is 5.92 Å². The zero-order valence-electron chi connectivity index (χ0n) is 15.2. The second-order valence-electron chi connectivity index (χ2n) is 7.02. The highest BCUT2D eigenvalue weighted by Gasteiger charge is 2.26. The van der Waals surface area contributed by atoms with Crippen molar-refractivity contribution in [2.75, 3.05) is 19.6 Å². The Morgan fingerprint density at radius 3 is 2.31 bits per heavy atom. The van der Waals surface area contributed by atoms with Gasteiger partial charge in [-0.3, -0.25) is 4.79 Å². The van der Waals surface area contributed by atoms with Gasteiger partial charge in [-0.25, -0.2) is 0 Å². The molecule has 0 aliphatic carbocycles. The summed E-state index contributed by atoms with van der Waals surface area (Å²) >= 11 is 0. The summed E-state index contributed by atoms with van der Waals surface area (Å²) in [7, 11) is 0. The van der Waals surface area contributed by atoms with Gasteiger partial charge in [0.1, 0.15) is 6.61 Å². The first-order valence-corrected chi connectivity index (χ1v) is 9.46. The summed E-state index contributed by atoms with van der Waals surface area (Å²) in [6.45, 7) is 3.22. The van der Waals surface area contributed by atoms with Crippen molar-refractivity contribution in [1.82, 2.24) is 4.90 Å². The molecule has 1 heterocycles. The molecule has 4 heteroatoms. The van der Waals surface area contributed by atoms with Crippen LogP contribution in [0.3, 0.4) is 0 Å². The molecule has 1 fully saturated rings. The second-order valence-corrected chi connectivity index (χ2v) is 7.02. The molecular formula is C22H28N2O2.